The van der Waals surface area contributed by atoms with E-state index >= 15 is 0 Å². The Morgan fingerprint density at radius 1 is 1.28 bits per heavy atom. The highest BCUT2D eigenvalue weighted by atomic mass is 16.5. The van der Waals surface area contributed by atoms with E-state index in [2.05, 4.69) is 19.1 Å². The van der Waals surface area contributed by atoms with Crippen molar-refractivity contribution in [1.82, 2.24) is 4.90 Å². The van der Waals surface area contributed by atoms with Crippen molar-refractivity contribution in [3.05, 3.63) is 29.8 Å². The minimum absolute atomic E-state index is 0.216. The second kappa shape index (κ2) is 8.70. The van der Waals surface area contributed by atoms with E-state index in [1.54, 1.807) is 0 Å². The lowest BCUT2D eigenvalue weighted by atomic mass is 9.92. The van der Waals surface area contributed by atoms with Crippen LogP contribution in [0, 0.1) is 5.92 Å². The summed E-state index contributed by atoms with van der Waals surface area (Å²) in [6.07, 6.45) is 8.69. The van der Waals surface area contributed by atoms with Crippen LogP contribution in [0.25, 0.3) is 0 Å². The number of hydrogen-bond donors (Lipinski definition) is 1. The van der Waals surface area contributed by atoms with Gasteiger partial charge in [-0.2, -0.15) is 0 Å². The molecule has 1 amide bonds. The normalized spacial score (nSPS) is 24.5. The number of nitrogens with two attached hydrogens (primary N) is 1. The molecule has 3 rings (SSSR count). The molecule has 1 heterocycles. The van der Waals surface area contributed by atoms with E-state index in [1.807, 2.05) is 17.0 Å². The topological polar surface area (TPSA) is 55.6 Å². The number of rotatable bonds is 6. The molecule has 4 nitrogen and oxygen atoms in total. The van der Waals surface area contributed by atoms with Crippen LogP contribution < -0.4 is 10.5 Å². The average Bonchev–Trinajstić information content (AvgIpc) is 3.13. The number of aryl methyl sites for hydroxylation is 1. The predicted molar refractivity (Wildman–Crippen MR) is 101 cm³/mol. The zero-order chi connectivity index (χ0) is 17.6. The molecule has 0 bridgehead atoms. The fraction of sp³-hybridized carbons (Fsp3) is 0.667. The molecule has 138 valence electrons. The van der Waals surface area contributed by atoms with Crippen LogP contribution in [-0.4, -0.2) is 36.0 Å². The molecule has 1 saturated carbocycles. The Balaban J connectivity index is 1.53. The summed E-state index contributed by atoms with van der Waals surface area (Å²) in [7, 11) is 0. The van der Waals surface area contributed by atoms with Gasteiger partial charge in [-0.15, -0.1) is 0 Å². The Hall–Kier alpha value is -1.55. The molecule has 2 fully saturated rings. The van der Waals surface area contributed by atoms with Crippen LogP contribution in [0.2, 0.25) is 0 Å². The van der Waals surface area contributed by atoms with Crippen molar-refractivity contribution >= 4 is 5.91 Å². The van der Waals surface area contributed by atoms with Crippen LogP contribution in [-0.2, 0) is 11.2 Å². The zero-order valence-electron chi connectivity index (χ0n) is 15.5. The Labute approximate surface area is 151 Å². The number of carbonyl (C=O) groups excluding carboxylic acids is 1. The molecule has 2 unspecified atom stereocenters. The molecule has 1 aromatic carbocycles. The van der Waals surface area contributed by atoms with E-state index in [4.69, 9.17) is 10.5 Å². The molecule has 0 radical (unpaired) electrons. The first-order chi connectivity index (χ1) is 12.2. The maximum atomic E-state index is 12.7. The third kappa shape index (κ3) is 4.97. The summed E-state index contributed by atoms with van der Waals surface area (Å²) in [4.78, 5) is 14.7. The number of carbonyl (C=O) groups is 1. The smallest absolute Gasteiger partial charge is 0.223 e. The SMILES string of the molecule is CC1CCN(C(=O)CCc2cccc(OC3CCCC3)c2)C(CN)C1. The van der Waals surface area contributed by atoms with Gasteiger partial charge in [-0.1, -0.05) is 19.1 Å². The first-order valence-electron chi connectivity index (χ1n) is 9.91. The van der Waals surface area contributed by atoms with Crippen LogP contribution >= 0.6 is 0 Å². The lowest BCUT2D eigenvalue weighted by molar-refractivity contribution is -0.135. The van der Waals surface area contributed by atoms with Gasteiger partial charge in [-0.05, 0) is 68.6 Å². The van der Waals surface area contributed by atoms with E-state index in [9.17, 15) is 4.79 Å². The predicted octanol–water partition coefficient (Wildman–Crippen LogP) is 3.53. The summed E-state index contributed by atoms with van der Waals surface area (Å²) in [5.74, 6) is 1.86. The van der Waals surface area contributed by atoms with Gasteiger partial charge in [0, 0.05) is 25.6 Å². The van der Waals surface area contributed by atoms with E-state index in [0.717, 1.165) is 44.4 Å². The molecule has 2 N–H and O–H groups in total. The maximum Gasteiger partial charge on any atom is 0.223 e. The monoisotopic (exact) mass is 344 g/mol. The third-order valence-corrected chi connectivity index (χ3v) is 5.70. The number of benzene rings is 1. The number of ether oxygens (including phenoxy) is 1. The van der Waals surface area contributed by atoms with Gasteiger partial charge in [-0.3, -0.25) is 4.79 Å². The number of piperidine rings is 1. The van der Waals surface area contributed by atoms with E-state index in [1.165, 1.54) is 18.4 Å². The van der Waals surface area contributed by atoms with Gasteiger partial charge in [-0.25, -0.2) is 0 Å². The number of hydrogen-bond acceptors (Lipinski definition) is 3. The standard InChI is InChI=1S/C21H32N2O2/c1-16-11-12-23(18(13-16)15-22)21(24)10-9-17-5-4-8-20(14-17)25-19-6-2-3-7-19/h4-5,8,14,16,18-19H,2-3,6-7,9-13,15,22H2,1H3. The Bertz CT molecular complexity index is 569. The molecule has 0 spiro atoms. The van der Waals surface area contributed by atoms with Crippen LogP contribution in [0.5, 0.6) is 5.75 Å². The maximum absolute atomic E-state index is 12.7. The van der Waals surface area contributed by atoms with Gasteiger partial charge in [0.2, 0.25) is 5.91 Å². The molecule has 2 aliphatic rings. The van der Waals surface area contributed by atoms with Crippen LogP contribution in [0.4, 0.5) is 0 Å². The molecule has 25 heavy (non-hydrogen) atoms. The summed E-state index contributed by atoms with van der Waals surface area (Å²) in [5.41, 5.74) is 7.07. The Morgan fingerprint density at radius 2 is 2.08 bits per heavy atom. The molecule has 1 aliphatic heterocycles. The largest absolute Gasteiger partial charge is 0.490 e. The number of amides is 1. The van der Waals surface area contributed by atoms with Gasteiger partial charge in [0.25, 0.3) is 0 Å². The van der Waals surface area contributed by atoms with Gasteiger partial charge >= 0.3 is 0 Å². The van der Waals surface area contributed by atoms with Crippen molar-refractivity contribution in [3.8, 4) is 5.75 Å². The molecule has 1 aromatic rings. The fourth-order valence-electron chi connectivity index (χ4n) is 4.17. The van der Waals surface area contributed by atoms with E-state index in [0.29, 0.717) is 25.0 Å². The van der Waals surface area contributed by atoms with Gasteiger partial charge in [0.1, 0.15) is 5.75 Å². The van der Waals surface area contributed by atoms with E-state index < -0.39 is 0 Å². The fourth-order valence-corrected chi connectivity index (χ4v) is 4.17. The minimum atomic E-state index is 0.216. The molecule has 4 heteroatoms. The van der Waals surface area contributed by atoms with Crippen LogP contribution in [0.1, 0.15) is 57.4 Å². The second-order valence-corrected chi connectivity index (χ2v) is 7.78. The first-order valence-corrected chi connectivity index (χ1v) is 9.91. The lowest BCUT2D eigenvalue weighted by Gasteiger charge is -2.38. The Morgan fingerprint density at radius 3 is 2.84 bits per heavy atom. The highest BCUT2D eigenvalue weighted by Gasteiger charge is 2.28. The zero-order valence-corrected chi connectivity index (χ0v) is 15.5. The summed E-state index contributed by atoms with van der Waals surface area (Å²) in [6, 6.07) is 8.47. The molecule has 0 aromatic heterocycles. The van der Waals surface area contributed by atoms with Crippen molar-refractivity contribution in [2.75, 3.05) is 13.1 Å². The Kier molecular flexibility index (Phi) is 6.35. The minimum Gasteiger partial charge on any atom is -0.490 e. The quantitative estimate of drug-likeness (QED) is 0.859. The summed E-state index contributed by atoms with van der Waals surface area (Å²) < 4.78 is 6.07. The van der Waals surface area contributed by atoms with Crippen molar-refractivity contribution < 1.29 is 9.53 Å². The van der Waals surface area contributed by atoms with Crippen LogP contribution in [0.3, 0.4) is 0 Å². The molecular formula is C21H32N2O2. The summed E-state index contributed by atoms with van der Waals surface area (Å²) >= 11 is 0. The van der Waals surface area contributed by atoms with Crippen molar-refractivity contribution in [2.45, 2.75) is 70.4 Å². The lowest BCUT2D eigenvalue weighted by Crippen LogP contribution is -2.49. The summed E-state index contributed by atoms with van der Waals surface area (Å²) in [5, 5.41) is 0. The molecule has 1 saturated heterocycles. The highest BCUT2D eigenvalue weighted by molar-refractivity contribution is 5.77. The van der Waals surface area contributed by atoms with Crippen LogP contribution in [0.15, 0.2) is 24.3 Å². The van der Waals surface area contributed by atoms with Crippen molar-refractivity contribution in [1.29, 1.82) is 0 Å². The molecule has 1 aliphatic carbocycles. The summed E-state index contributed by atoms with van der Waals surface area (Å²) in [6.45, 7) is 3.67. The number of nitrogens with zero attached hydrogens (tertiary/aromatic N) is 1. The number of likely N-dealkylation sites (tertiary alicyclic amines) is 1. The average molecular weight is 344 g/mol. The van der Waals surface area contributed by atoms with E-state index in [-0.39, 0.29) is 11.9 Å². The van der Waals surface area contributed by atoms with Gasteiger partial charge in [0.15, 0.2) is 0 Å². The van der Waals surface area contributed by atoms with Gasteiger partial charge in [0.05, 0.1) is 6.10 Å². The van der Waals surface area contributed by atoms with Crippen molar-refractivity contribution in [3.63, 3.8) is 0 Å². The third-order valence-electron chi connectivity index (χ3n) is 5.70. The first kappa shape index (κ1) is 18.2. The van der Waals surface area contributed by atoms with Gasteiger partial charge < -0.3 is 15.4 Å². The second-order valence-electron chi connectivity index (χ2n) is 7.78. The molecule has 2 atom stereocenters. The highest BCUT2D eigenvalue weighted by Crippen LogP contribution is 2.26. The van der Waals surface area contributed by atoms with Crippen molar-refractivity contribution in [2.24, 2.45) is 11.7 Å². The molecular weight excluding hydrogens is 312 g/mol.